The normalized spacial score (nSPS) is 10.9. The van der Waals surface area contributed by atoms with Crippen LogP contribution in [0.15, 0.2) is 66.7 Å². The summed E-state index contributed by atoms with van der Waals surface area (Å²) in [5.41, 5.74) is 2.24. The van der Waals surface area contributed by atoms with Crippen LogP contribution >= 0.6 is 0 Å². The smallest absolute Gasteiger partial charge is 0.347 e. The average molecular weight is 464 g/mol. The lowest BCUT2D eigenvalue weighted by atomic mass is 10.0. The number of amides is 1. The van der Waals surface area contributed by atoms with Crippen molar-refractivity contribution in [1.29, 1.82) is 0 Å². The summed E-state index contributed by atoms with van der Waals surface area (Å²) in [5, 5.41) is 12.1. The van der Waals surface area contributed by atoms with E-state index in [1.807, 2.05) is 36.4 Å². The number of ether oxygens (including phenoxy) is 3. The van der Waals surface area contributed by atoms with E-state index in [1.54, 1.807) is 30.3 Å². The van der Waals surface area contributed by atoms with Gasteiger partial charge in [0.2, 0.25) is 0 Å². The number of benzene rings is 3. The van der Waals surface area contributed by atoms with Gasteiger partial charge in [-0.25, -0.2) is 4.79 Å². The first-order chi connectivity index (χ1) is 16.2. The molecule has 2 N–H and O–H groups in total. The Hall–Kier alpha value is -4.00. The number of carbonyl (C=O) groups is 2. The van der Waals surface area contributed by atoms with Crippen molar-refractivity contribution in [3.8, 4) is 28.4 Å². The van der Waals surface area contributed by atoms with Gasteiger partial charge in [0.1, 0.15) is 5.75 Å². The predicted octanol–water partition coefficient (Wildman–Crippen LogP) is 4.59. The minimum Gasteiger partial charge on any atom is -0.493 e. The first kappa shape index (κ1) is 24.6. The van der Waals surface area contributed by atoms with Crippen molar-refractivity contribution in [2.24, 2.45) is 0 Å². The summed E-state index contributed by atoms with van der Waals surface area (Å²) in [6.07, 6.45) is 0.676. The zero-order chi connectivity index (χ0) is 24.7. The van der Waals surface area contributed by atoms with Gasteiger partial charge in [-0.05, 0) is 61.2 Å². The van der Waals surface area contributed by atoms with Gasteiger partial charge in [0, 0.05) is 6.54 Å². The summed E-state index contributed by atoms with van der Waals surface area (Å²) in [4.78, 5) is 23.8. The lowest BCUT2D eigenvalue weighted by Gasteiger charge is -2.21. The summed E-state index contributed by atoms with van der Waals surface area (Å²) in [6.45, 7) is 3.50. The van der Waals surface area contributed by atoms with Crippen LogP contribution in [0.1, 0.15) is 29.8 Å². The van der Waals surface area contributed by atoms with Crippen molar-refractivity contribution in [3.63, 3.8) is 0 Å². The Kier molecular flexibility index (Phi) is 7.79. The standard InChI is InChI=1S/C27H29NO6/c1-27(2,26(30)31)34-21-14-12-20(13-15-21)19-10-8-18(9-11-19)16-17-28-25(29)22-6-5-7-23(32-3)24(22)33-4/h5-15H,16-17H2,1-4H3,(H,28,29)(H,30,31). The van der Waals surface area contributed by atoms with Crippen molar-refractivity contribution in [1.82, 2.24) is 5.32 Å². The molecule has 0 spiro atoms. The number of para-hydroxylation sites is 1. The molecule has 0 atom stereocenters. The minimum atomic E-state index is -1.30. The van der Waals surface area contributed by atoms with Gasteiger partial charge in [0.05, 0.1) is 19.8 Å². The molecule has 1 amide bonds. The molecule has 7 heteroatoms. The van der Waals surface area contributed by atoms with Gasteiger partial charge >= 0.3 is 5.97 Å². The Balaban J connectivity index is 1.57. The van der Waals surface area contributed by atoms with Crippen LogP contribution in [0, 0.1) is 0 Å². The second kappa shape index (κ2) is 10.7. The third-order valence-electron chi connectivity index (χ3n) is 5.38. The van der Waals surface area contributed by atoms with Crippen molar-refractivity contribution >= 4 is 11.9 Å². The Morgan fingerprint density at radius 1 is 0.882 bits per heavy atom. The number of nitrogens with one attached hydrogen (secondary N) is 1. The number of aliphatic carboxylic acids is 1. The number of carboxylic acid groups (broad SMARTS) is 1. The maximum absolute atomic E-state index is 12.6. The molecule has 7 nitrogen and oxygen atoms in total. The van der Waals surface area contributed by atoms with Crippen molar-refractivity contribution in [3.05, 3.63) is 77.9 Å². The summed E-state index contributed by atoms with van der Waals surface area (Å²) in [5.74, 6) is 0.175. The zero-order valence-corrected chi connectivity index (χ0v) is 19.8. The third kappa shape index (κ3) is 5.86. The number of hydrogen-bond acceptors (Lipinski definition) is 5. The highest BCUT2D eigenvalue weighted by Gasteiger charge is 2.29. The van der Waals surface area contributed by atoms with E-state index in [4.69, 9.17) is 14.2 Å². The topological polar surface area (TPSA) is 94.1 Å². The highest BCUT2D eigenvalue weighted by Crippen LogP contribution is 2.30. The quantitative estimate of drug-likeness (QED) is 0.457. The van der Waals surface area contributed by atoms with E-state index >= 15 is 0 Å². The van der Waals surface area contributed by atoms with Gasteiger partial charge in [0.15, 0.2) is 17.1 Å². The molecule has 0 saturated heterocycles. The molecule has 0 fully saturated rings. The molecular formula is C27H29NO6. The van der Waals surface area contributed by atoms with Gasteiger partial charge < -0.3 is 24.6 Å². The average Bonchev–Trinajstić information content (AvgIpc) is 2.84. The maximum Gasteiger partial charge on any atom is 0.347 e. The van der Waals surface area contributed by atoms with Crippen LogP contribution in [0.3, 0.4) is 0 Å². The SMILES string of the molecule is COc1cccc(C(=O)NCCc2ccc(-c3ccc(OC(C)(C)C(=O)O)cc3)cc2)c1OC. The Bertz CT molecular complexity index is 1140. The highest BCUT2D eigenvalue weighted by molar-refractivity contribution is 5.97. The molecule has 0 heterocycles. The summed E-state index contributed by atoms with van der Waals surface area (Å²) in [7, 11) is 3.04. The molecule has 0 radical (unpaired) electrons. The fourth-order valence-corrected chi connectivity index (χ4v) is 3.40. The zero-order valence-electron chi connectivity index (χ0n) is 19.8. The van der Waals surface area contributed by atoms with E-state index in [-0.39, 0.29) is 5.91 Å². The Morgan fingerprint density at radius 2 is 1.50 bits per heavy atom. The Labute approximate surface area is 199 Å². The summed E-state index contributed by atoms with van der Waals surface area (Å²) in [6, 6.07) is 20.6. The molecule has 0 aliphatic carbocycles. The van der Waals surface area contributed by atoms with Crippen molar-refractivity contribution in [2.45, 2.75) is 25.9 Å². The number of hydrogen-bond donors (Lipinski definition) is 2. The predicted molar refractivity (Wildman–Crippen MR) is 130 cm³/mol. The lowest BCUT2D eigenvalue weighted by Crippen LogP contribution is -2.37. The maximum atomic E-state index is 12.6. The van der Waals surface area contributed by atoms with Gasteiger partial charge in [-0.2, -0.15) is 0 Å². The fraction of sp³-hybridized carbons (Fsp3) is 0.259. The van der Waals surface area contributed by atoms with Crippen LogP contribution < -0.4 is 19.5 Å². The monoisotopic (exact) mass is 463 g/mol. The van der Waals surface area contributed by atoms with E-state index in [0.29, 0.717) is 35.8 Å². The fourth-order valence-electron chi connectivity index (χ4n) is 3.40. The van der Waals surface area contributed by atoms with Crippen LogP contribution in [-0.4, -0.2) is 43.3 Å². The molecule has 3 rings (SSSR count). The molecular weight excluding hydrogens is 434 g/mol. The summed E-state index contributed by atoms with van der Waals surface area (Å²) < 4.78 is 16.1. The molecule has 3 aromatic rings. The largest absolute Gasteiger partial charge is 0.493 e. The van der Waals surface area contributed by atoms with Gasteiger partial charge in [-0.3, -0.25) is 4.79 Å². The molecule has 178 valence electrons. The van der Waals surface area contributed by atoms with Crippen LogP contribution in [0.5, 0.6) is 17.2 Å². The summed E-state index contributed by atoms with van der Waals surface area (Å²) >= 11 is 0. The van der Waals surface area contributed by atoms with E-state index in [9.17, 15) is 14.7 Å². The van der Waals surface area contributed by atoms with Crippen LogP contribution in [0.4, 0.5) is 0 Å². The first-order valence-electron chi connectivity index (χ1n) is 10.9. The number of methoxy groups -OCH3 is 2. The van der Waals surface area contributed by atoms with Crippen LogP contribution in [0.2, 0.25) is 0 Å². The van der Waals surface area contributed by atoms with E-state index in [1.165, 1.54) is 28.1 Å². The molecule has 0 aliphatic rings. The first-order valence-corrected chi connectivity index (χ1v) is 10.9. The second-order valence-corrected chi connectivity index (χ2v) is 8.19. The molecule has 34 heavy (non-hydrogen) atoms. The van der Waals surface area contributed by atoms with E-state index in [0.717, 1.165) is 16.7 Å². The molecule has 0 saturated carbocycles. The number of rotatable bonds is 10. The van der Waals surface area contributed by atoms with Gasteiger partial charge in [-0.15, -0.1) is 0 Å². The van der Waals surface area contributed by atoms with Crippen molar-refractivity contribution in [2.75, 3.05) is 20.8 Å². The van der Waals surface area contributed by atoms with E-state index in [2.05, 4.69) is 5.32 Å². The minimum absolute atomic E-state index is 0.222. The highest BCUT2D eigenvalue weighted by atomic mass is 16.5. The molecule has 0 bridgehead atoms. The number of carboxylic acids is 1. The van der Waals surface area contributed by atoms with Crippen molar-refractivity contribution < 1.29 is 28.9 Å². The lowest BCUT2D eigenvalue weighted by molar-refractivity contribution is -0.152. The van der Waals surface area contributed by atoms with Gasteiger partial charge in [-0.1, -0.05) is 42.5 Å². The second-order valence-electron chi connectivity index (χ2n) is 8.19. The van der Waals surface area contributed by atoms with Gasteiger partial charge in [0.25, 0.3) is 5.91 Å². The van der Waals surface area contributed by atoms with Crippen LogP contribution in [-0.2, 0) is 11.2 Å². The molecule has 0 unspecified atom stereocenters. The molecule has 0 aromatic heterocycles. The number of carbonyl (C=O) groups excluding carboxylic acids is 1. The molecule has 3 aromatic carbocycles. The van der Waals surface area contributed by atoms with E-state index < -0.39 is 11.6 Å². The Morgan fingerprint density at radius 3 is 2.06 bits per heavy atom. The molecule has 0 aliphatic heterocycles. The third-order valence-corrected chi connectivity index (χ3v) is 5.38. The van der Waals surface area contributed by atoms with Crippen LogP contribution in [0.25, 0.3) is 11.1 Å².